The van der Waals surface area contributed by atoms with E-state index in [1.54, 1.807) is 12.1 Å². The normalized spacial score (nSPS) is 14.4. The Labute approximate surface area is 145 Å². The van der Waals surface area contributed by atoms with Crippen LogP contribution in [0.4, 0.5) is 15.8 Å². The highest BCUT2D eigenvalue weighted by molar-refractivity contribution is 5.94. The van der Waals surface area contributed by atoms with Gasteiger partial charge in [-0.2, -0.15) is 0 Å². The summed E-state index contributed by atoms with van der Waals surface area (Å²) >= 11 is 0. The van der Waals surface area contributed by atoms with Crippen LogP contribution in [0.1, 0.15) is 30.5 Å². The van der Waals surface area contributed by atoms with Gasteiger partial charge in [0.05, 0.1) is 12.2 Å². The van der Waals surface area contributed by atoms with Crippen molar-refractivity contribution in [3.63, 3.8) is 0 Å². The number of nitrogens with one attached hydrogen (secondary N) is 3. The van der Waals surface area contributed by atoms with Crippen molar-refractivity contribution in [3.05, 3.63) is 59.4 Å². The van der Waals surface area contributed by atoms with Crippen molar-refractivity contribution in [1.82, 2.24) is 5.32 Å². The monoisotopic (exact) mass is 341 g/mol. The zero-order chi connectivity index (χ0) is 17.8. The number of amides is 2. The van der Waals surface area contributed by atoms with Crippen molar-refractivity contribution >= 4 is 23.2 Å². The Balaban J connectivity index is 1.57. The van der Waals surface area contributed by atoms with Crippen molar-refractivity contribution in [3.8, 4) is 0 Å². The molecule has 6 heteroatoms. The molecule has 0 spiro atoms. The lowest BCUT2D eigenvalue weighted by atomic mass is 9.98. The fourth-order valence-electron chi connectivity index (χ4n) is 2.79. The van der Waals surface area contributed by atoms with E-state index in [0.717, 1.165) is 23.2 Å². The van der Waals surface area contributed by atoms with E-state index in [1.807, 2.05) is 25.1 Å². The molecule has 1 aliphatic rings. The summed E-state index contributed by atoms with van der Waals surface area (Å²) in [6, 6.07) is 11.9. The Bertz CT molecular complexity index is 807. The van der Waals surface area contributed by atoms with Gasteiger partial charge in [-0.15, -0.1) is 0 Å². The van der Waals surface area contributed by atoms with Gasteiger partial charge in [0.2, 0.25) is 11.8 Å². The number of anilines is 2. The second-order valence-electron chi connectivity index (χ2n) is 6.10. The van der Waals surface area contributed by atoms with Crippen LogP contribution in [0.15, 0.2) is 42.5 Å². The van der Waals surface area contributed by atoms with Crippen molar-refractivity contribution < 1.29 is 14.0 Å². The highest BCUT2D eigenvalue weighted by atomic mass is 19.1. The molecule has 2 aromatic carbocycles. The topological polar surface area (TPSA) is 70.2 Å². The minimum Gasteiger partial charge on any atom is -0.326 e. The number of para-hydroxylation sites is 1. The van der Waals surface area contributed by atoms with Crippen LogP contribution in [-0.4, -0.2) is 18.4 Å². The summed E-state index contributed by atoms with van der Waals surface area (Å²) in [7, 11) is 0. The SMILES string of the molecule is C[C@H](NCC(=O)Nc1ccccc1F)c1ccc2c(c1)CCC(=O)N2. The minimum absolute atomic E-state index is 0.0382. The summed E-state index contributed by atoms with van der Waals surface area (Å²) in [6.07, 6.45) is 1.21. The maximum atomic E-state index is 13.5. The van der Waals surface area contributed by atoms with Gasteiger partial charge in [-0.1, -0.05) is 24.3 Å². The molecule has 0 bridgehead atoms. The summed E-state index contributed by atoms with van der Waals surface area (Å²) < 4.78 is 13.5. The number of benzene rings is 2. The molecule has 0 radical (unpaired) electrons. The number of fused-ring (bicyclic) bond motifs is 1. The van der Waals surface area contributed by atoms with Crippen LogP contribution >= 0.6 is 0 Å². The Morgan fingerprint density at radius 1 is 1.24 bits per heavy atom. The van der Waals surface area contributed by atoms with Crippen LogP contribution in [0.2, 0.25) is 0 Å². The highest BCUT2D eigenvalue weighted by Crippen LogP contribution is 2.26. The number of aryl methyl sites for hydroxylation is 1. The van der Waals surface area contributed by atoms with Crippen LogP contribution in [-0.2, 0) is 16.0 Å². The predicted molar refractivity (Wildman–Crippen MR) is 94.8 cm³/mol. The quantitative estimate of drug-likeness (QED) is 0.783. The molecule has 0 aromatic heterocycles. The third kappa shape index (κ3) is 4.22. The molecule has 3 N–H and O–H groups in total. The van der Waals surface area contributed by atoms with Gasteiger partial charge < -0.3 is 16.0 Å². The largest absolute Gasteiger partial charge is 0.326 e. The van der Waals surface area contributed by atoms with E-state index in [1.165, 1.54) is 12.1 Å². The number of carbonyl (C=O) groups is 2. The lowest BCUT2D eigenvalue weighted by Gasteiger charge is -2.20. The standard InChI is InChI=1S/C19H20FN3O2/c1-12(13-6-8-16-14(10-13)7-9-18(24)22-16)21-11-19(25)23-17-5-3-2-4-15(17)20/h2-6,8,10,12,21H,7,9,11H2,1H3,(H,22,24)(H,23,25)/t12-/m0/s1. The van der Waals surface area contributed by atoms with Crippen molar-refractivity contribution in [2.75, 3.05) is 17.2 Å². The molecule has 2 aromatic rings. The van der Waals surface area contributed by atoms with E-state index < -0.39 is 5.82 Å². The summed E-state index contributed by atoms with van der Waals surface area (Å²) in [5, 5.41) is 8.53. The second-order valence-corrected chi connectivity index (χ2v) is 6.10. The van der Waals surface area contributed by atoms with Crippen molar-refractivity contribution in [1.29, 1.82) is 0 Å². The van der Waals surface area contributed by atoms with Gasteiger partial charge in [0.1, 0.15) is 5.82 Å². The van der Waals surface area contributed by atoms with E-state index in [-0.39, 0.29) is 30.1 Å². The maximum Gasteiger partial charge on any atom is 0.238 e. The Kier molecular flexibility index (Phi) is 5.09. The molecule has 5 nitrogen and oxygen atoms in total. The fraction of sp³-hybridized carbons (Fsp3) is 0.263. The van der Waals surface area contributed by atoms with E-state index in [9.17, 15) is 14.0 Å². The molecule has 1 heterocycles. The lowest BCUT2D eigenvalue weighted by molar-refractivity contribution is -0.116. The number of hydrogen-bond donors (Lipinski definition) is 3. The number of rotatable bonds is 5. The third-order valence-corrected chi connectivity index (χ3v) is 4.24. The van der Waals surface area contributed by atoms with Gasteiger partial charge in [0.25, 0.3) is 0 Å². The minimum atomic E-state index is -0.458. The van der Waals surface area contributed by atoms with Crippen molar-refractivity contribution in [2.45, 2.75) is 25.8 Å². The number of halogens is 1. The smallest absolute Gasteiger partial charge is 0.238 e. The molecule has 2 amide bonds. The van der Waals surface area contributed by atoms with Gasteiger partial charge >= 0.3 is 0 Å². The van der Waals surface area contributed by atoms with Crippen LogP contribution in [0.25, 0.3) is 0 Å². The number of carbonyl (C=O) groups excluding carboxylic acids is 2. The molecule has 0 unspecified atom stereocenters. The summed E-state index contributed by atoms with van der Waals surface area (Å²) in [4.78, 5) is 23.4. The number of hydrogen-bond acceptors (Lipinski definition) is 3. The van der Waals surface area contributed by atoms with Gasteiger partial charge in [0, 0.05) is 18.2 Å². The first kappa shape index (κ1) is 17.1. The molecule has 1 atom stereocenters. The zero-order valence-electron chi connectivity index (χ0n) is 13.9. The van der Waals surface area contributed by atoms with E-state index in [0.29, 0.717) is 6.42 Å². The zero-order valence-corrected chi connectivity index (χ0v) is 13.9. The van der Waals surface area contributed by atoms with Crippen LogP contribution in [0.5, 0.6) is 0 Å². The van der Waals surface area contributed by atoms with Gasteiger partial charge in [-0.25, -0.2) is 4.39 Å². The van der Waals surface area contributed by atoms with Gasteiger partial charge in [-0.3, -0.25) is 9.59 Å². The Morgan fingerprint density at radius 2 is 2.04 bits per heavy atom. The molecule has 0 aliphatic carbocycles. The van der Waals surface area contributed by atoms with E-state index in [4.69, 9.17) is 0 Å². The fourth-order valence-corrected chi connectivity index (χ4v) is 2.79. The van der Waals surface area contributed by atoms with E-state index in [2.05, 4.69) is 16.0 Å². The molecule has 3 rings (SSSR count). The Morgan fingerprint density at radius 3 is 2.84 bits per heavy atom. The highest BCUT2D eigenvalue weighted by Gasteiger charge is 2.16. The first-order chi connectivity index (χ1) is 12.0. The molecular formula is C19H20FN3O2. The molecule has 1 aliphatic heterocycles. The van der Waals surface area contributed by atoms with Gasteiger partial charge in [0.15, 0.2) is 0 Å². The van der Waals surface area contributed by atoms with Crippen LogP contribution in [0, 0.1) is 5.82 Å². The van der Waals surface area contributed by atoms with Crippen LogP contribution < -0.4 is 16.0 Å². The molecule has 25 heavy (non-hydrogen) atoms. The Hall–Kier alpha value is -2.73. The summed E-state index contributed by atoms with van der Waals surface area (Å²) in [5.74, 6) is -0.723. The third-order valence-electron chi connectivity index (χ3n) is 4.24. The molecule has 0 saturated carbocycles. The molecule has 0 saturated heterocycles. The first-order valence-electron chi connectivity index (χ1n) is 8.23. The lowest BCUT2D eigenvalue weighted by Crippen LogP contribution is -2.30. The maximum absolute atomic E-state index is 13.5. The second kappa shape index (κ2) is 7.44. The first-order valence-corrected chi connectivity index (χ1v) is 8.23. The predicted octanol–water partition coefficient (Wildman–Crippen LogP) is 3.00. The van der Waals surface area contributed by atoms with E-state index >= 15 is 0 Å². The summed E-state index contributed by atoms with van der Waals surface area (Å²) in [5.41, 5.74) is 3.16. The van der Waals surface area contributed by atoms with Gasteiger partial charge in [-0.05, 0) is 42.7 Å². The average molecular weight is 341 g/mol. The molecular weight excluding hydrogens is 321 g/mol. The summed E-state index contributed by atoms with van der Waals surface area (Å²) in [6.45, 7) is 2.03. The molecule has 0 fully saturated rings. The average Bonchev–Trinajstić information content (AvgIpc) is 2.61. The van der Waals surface area contributed by atoms with Crippen LogP contribution in [0.3, 0.4) is 0 Å². The van der Waals surface area contributed by atoms with Crippen molar-refractivity contribution in [2.24, 2.45) is 0 Å². The molecule has 130 valence electrons.